The number of aliphatic hydroxyl groups is 1. The Labute approximate surface area is 46.8 Å². The van der Waals surface area contributed by atoms with E-state index in [1.807, 2.05) is 0 Å². The molecule has 0 aromatic rings. The normalized spacial score (nSPS) is 9.43. The van der Waals surface area contributed by atoms with E-state index in [2.05, 4.69) is 6.92 Å². The number of hydrogen-bond donors (Lipinski definition) is 1. The highest BCUT2D eigenvalue weighted by Crippen LogP contribution is 1.95. The molecule has 0 rings (SSSR count). The highest BCUT2D eigenvalue weighted by Gasteiger charge is 1.80. The summed E-state index contributed by atoms with van der Waals surface area (Å²) in [5, 5.41) is 8.29. The molecule has 0 aromatic carbocycles. The second kappa shape index (κ2) is 5.96. The molecule has 0 aliphatic rings. The van der Waals surface area contributed by atoms with Crippen LogP contribution in [0.1, 0.15) is 34.0 Å². The van der Waals surface area contributed by atoms with Crippen molar-refractivity contribution in [1.82, 2.24) is 0 Å². The lowest BCUT2D eigenvalue weighted by molar-refractivity contribution is 0.283. The van der Waals surface area contributed by atoms with Crippen molar-refractivity contribution < 1.29 is 6.53 Å². The molecule has 0 aromatic heterocycles. The average molecular weight is 104 g/mol. The monoisotopic (exact) mass is 104 g/mol. The molecule has 0 amide bonds. The van der Waals surface area contributed by atoms with Crippen molar-refractivity contribution in [3.63, 3.8) is 0 Å². The molecule has 0 atom stereocenters. The Hall–Kier alpha value is -0.0400. The van der Waals surface area contributed by atoms with E-state index in [-0.39, 0.29) is 1.43 Å². The van der Waals surface area contributed by atoms with Gasteiger partial charge in [-0.05, 0) is 6.42 Å². The first-order valence-corrected chi connectivity index (χ1v) is 3.02. The average Bonchev–Trinajstić information content (AvgIpc) is 1.69. The molecular weight excluding hydrogens is 88.1 g/mol. The summed E-state index contributed by atoms with van der Waals surface area (Å²) in [5.74, 6) is 0. The fourth-order valence-corrected chi connectivity index (χ4v) is 0.539. The molecule has 0 spiro atoms. The third kappa shape index (κ3) is 5.96. The van der Waals surface area contributed by atoms with Crippen LogP contribution in [0.25, 0.3) is 0 Å². The van der Waals surface area contributed by atoms with E-state index in [4.69, 9.17) is 5.11 Å². The van der Waals surface area contributed by atoms with Crippen LogP contribution in [-0.4, -0.2) is 11.7 Å². The third-order valence-electron chi connectivity index (χ3n) is 1.01. The smallest absolute Gasteiger partial charge is 0.0431 e. The Bertz CT molecular complexity index is 27.7. The quantitative estimate of drug-likeness (QED) is 0.538. The molecule has 1 heteroatoms. The van der Waals surface area contributed by atoms with E-state index in [1.165, 1.54) is 19.3 Å². The van der Waals surface area contributed by atoms with Crippen LogP contribution in [0.4, 0.5) is 0 Å². The van der Waals surface area contributed by atoms with Crippen LogP contribution in [0.15, 0.2) is 0 Å². The molecule has 1 nitrogen and oxygen atoms in total. The summed E-state index contributed by atoms with van der Waals surface area (Å²) in [6, 6.07) is 0. The lowest BCUT2D eigenvalue weighted by Gasteiger charge is -1.90. The van der Waals surface area contributed by atoms with E-state index in [1.54, 1.807) is 0 Å². The van der Waals surface area contributed by atoms with Gasteiger partial charge in [0, 0.05) is 8.03 Å². The van der Waals surface area contributed by atoms with Crippen molar-refractivity contribution in [2.24, 2.45) is 0 Å². The van der Waals surface area contributed by atoms with Gasteiger partial charge in [-0.2, -0.15) is 0 Å². The minimum absolute atomic E-state index is 0. The number of hydrogen-bond acceptors (Lipinski definition) is 1. The van der Waals surface area contributed by atoms with E-state index in [0.717, 1.165) is 6.42 Å². The van der Waals surface area contributed by atoms with E-state index < -0.39 is 0 Å². The molecular formula is C6H15O. The lowest BCUT2D eigenvalue weighted by atomic mass is 10.2. The van der Waals surface area contributed by atoms with Crippen molar-refractivity contribution >= 4 is 0 Å². The molecule has 0 aliphatic carbocycles. The molecule has 7 heavy (non-hydrogen) atoms. The first-order valence-electron chi connectivity index (χ1n) is 3.02. The number of aliphatic hydroxyl groups excluding tert-OH is 1. The fraction of sp³-hybridized carbons (Fsp3) is 1.00. The van der Waals surface area contributed by atoms with E-state index >= 15 is 0 Å². The largest absolute Gasteiger partial charge is 0.396 e. The minimum atomic E-state index is 0. The predicted octanol–water partition coefficient (Wildman–Crippen LogP) is 1.67. The summed E-state index contributed by atoms with van der Waals surface area (Å²) in [5.41, 5.74) is 0. The van der Waals surface area contributed by atoms with E-state index in [0.29, 0.717) is 6.61 Å². The van der Waals surface area contributed by atoms with Crippen LogP contribution < -0.4 is 0 Å². The third-order valence-corrected chi connectivity index (χ3v) is 1.01. The van der Waals surface area contributed by atoms with Crippen molar-refractivity contribution in [1.29, 1.82) is 0 Å². The number of unbranched alkanes of at least 4 members (excludes halogenated alkanes) is 3. The summed E-state index contributed by atoms with van der Waals surface area (Å²) in [4.78, 5) is 0. The van der Waals surface area contributed by atoms with Gasteiger partial charge >= 0.3 is 0 Å². The standard InChI is InChI=1S/C6H14O.H/c1-2-3-4-5-6-7;/h7H,2-6H2,1H3;/i;1+1. The van der Waals surface area contributed by atoms with Crippen molar-refractivity contribution in [3.8, 4) is 0 Å². The molecule has 0 aliphatic heterocycles. The molecule has 1 radical (unpaired) electrons. The zero-order chi connectivity index (χ0) is 5.54. The van der Waals surface area contributed by atoms with Crippen LogP contribution in [0, 0.1) is 0 Å². The Morgan fingerprint density at radius 1 is 1.29 bits per heavy atom. The van der Waals surface area contributed by atoms with Crippen LogP contribution in [0.2, 0.25) is 0 Å². The highest BCUT2D eigenvalue weighted by molar-refractivity contribution is 4.35. The maximum atomic E-state index is 8.29. The van der Waals surface area contributed by atoms with Crippen LogP contribution in [0.3, 0.4) is 0 Å². The van der Waals surface area contributed by atoms with Crippen LogP contribution in [0.5, 0.6) is 0 Å². The van der Waals surface area contributed by atoms with Gasteiger partial charge in [0.05, 0.1) is 0 Å². The Morgan fingerprint density at radius 3 is 2.43 bits per heavy atom. The van der Waals surface area contributed by atoms with Crippen LogP contribution in [-0.2, 0) is 0 Å². The molecule has 0 fully saturated rings. The summed E-state index contributed by atoms with van der Waals surface area (Å²) >= 11 is 0. The first kappa shape index (κ1) is 6.96. The first-order chi connectivity index (χ1) is 3.41. The highest BCUT2D eigenvalue weighted by atomic mass is 16.2. The number of rotatable bonds is 4. The van der Waals surface area contributed by atoms with Gasteiger partial charge in [-0.1, -0.05) is 26.2 Å². The van der Waals surface area contributed by atoms with Gasteiger partial charge in [-0.25, -0.2) is 0 Å². The van der Waals surface area contributed by atoms with Crippen molar-refractivity contribution in [2.45, 2.75) is 32.6 Å². The second-order valence-corrected chi connectivity index (χ2v) is 1.78. The van der Waals surface area contributed by atoms with Gasteiger partial charge in [0.2, 0.25) is 0 Å². The fourth-order valence-electron chi connectivity index (χ4n) is 0.539. The maximum Gasteiger partial charge on any atom is 0.0431 e. The van der Waals surface area contributed by atoms with Gasteiger partial charge in [0.15, 0.2) is 0 Å². The Kier molecular flexibility index (Phi) is 5.93. The predicted molar refractivity (Wildman–Crippen MR) is 32.3 cm³/mol. The van der Waals surface area contributed by atoms with Crippen molar-refractivity contribution in [2.75, 3.05) is 6.61 Å². The summed E-state index contributed by atoms with van der Waals surface area (Å²) < 4.78 is 0. The molecule has 0 unspecified atom stereocenters. The summed E-state index contributed by atoms with van der Waals surface area (Å²) in [7, 11) is 0. The Morgan fingerprint density at radius 2 is 2.00 bits per heavy atom. The SMILES string of the molecule is CCCCCCO.[2H]. The lowest BCUT2D eigenvalue weighted by Crippen LogP contribution is -1.80. The Balaban J connectivity index is 0. The van der Waals surface area contributed by atoms with E-state index in [9.17, 15) is 0 Å². The molecule has 1 N–H and O–H groups in total. The topological polar surface area (TPSA) is 20.2 Å². The van der Waals surface area contributed by atoms with Crippen molar-refractivity contribution in [3.05, 3.63) is 0 Å². The molecule has 0 bridgehead atoms. The summed E-state index contributed by atoms with van der Waals surface area (Å²) in [6.45, 7) is 2.53. The maximum absolute atomic E-state index is 8.29. The molecule has 45 valence electrons. The summed E-state index contributed by atoms with van der Waals surface area (Å²) in [6.07, 6.45) is 4.68. The van der Waals surface area contributed by atoms with Gasteiger partial charge in [0.25, 0.3) is 0 Å². The van der Waals surface area contributed by atoms with Gasteiger partial charge < -0.3 is 5.11 Å². The van der Waals surface area contributed by atoms with Gasteiger partial charge in [-0.3, -0.25) is 0 Å². The zero-order valence-electron chi connectivity index (χ0n) is 5.98. The zero-order valence-corrected chi connectivity index (χ0v) is 4.98. The van der Waals surface area contributed by atoms with Crippen LogP contribution >= 0.6 is 0 Å². The second-order valence-electron chi connectivity index (χ2n) is 1.78. The van der Waals surface area contributed by atoms with Gasteiger partial charge in [-0.15, -0.1) is 0 Å². The minimum Gasteiger partial charge on any atom is -0.396 e. The molecule has 0 saturated carbocycles. The molecule has 0 heterocycles. The van der Waals surface area contributed by atoms with Gasteiger partial charge in [0.1, 0.15) is 0 Å². The molecule has 0 saturated heterocycles.